The average Bonchev–Trinajstić information content (AvgIpc) is 2.37. The van der Waals surface area contributed by atoms with E-state index in [1.807, 2.05) is 25.1 Å². The highest BCUT2D eigenvalue weighted by Crippen LogP contribution is 2.09. The number of pyridine rings is 1. The topological polar surface area (TPSA) is 65.8 Å². The molecule has 0 aliphatic rings. The van der Waals surface area contributed by atoms with Gasteiger partial charge in [-0.05, 0) is 18.6 Å². The van der Waals surface area contributed by atoms with E-state index >= 15 is 0 Å². The number of nitriles is 1. The van der Waals surface area contributed by atoms with Crippen molar-refractivity contribution < 1.29 is 4.79 Å². The van der Waals surface area contributed by atoms with Crippen molar-refractivity contribution in [3.8, 4) is 6.07 Å². The van der Waals surface area contributed by atoms with E-state index in [9.17, 15) is 4.79 Å². The Morgan fingerprint density at radius 3 is 3.00 bits per heavy atom. The number of nitrogens with zero attached hydrogens (tertiary/aromatic N) is 2. The summed E-state index contributed by atoms with van der Waals surface area (Å²) in [6.07, 6.45) is 3.66. The Bertz CT molecular complexity index is 383. The van der Waals surface area contributed by atoms with Crippen molar-refractivity contribution in [2.45, 2.75) is 32.7 Å². The molecule has 4 nitrogen and oxygen atoms in total. The van der Waals surface area contributed by atoms with E-state index in [0.29, 0.717) is 6.54 Å². The monoisotopic (exact) mass is 231 g/mol. The van der Waals surface area contributed by atoms with Gasteiger partial charge in [0.25, 0.3) is 0 Å². The van der Waals surface area contributed by atoms with Crippen LogP contribution in [0.15, 0.2) is 24.4 Å². The normalized spacial score (nSPS) is 11.5. The van der Waals surface area contributed by atoms with Crippen molar-refractivity contribution in [3.05, 3.63) is 30.1 Å². The van der Waals surface area contributed by atoms with Crippen LogP contribution in [0.25, 0.3) is 0 Å². The van der Waals surface area contributed by atoms with Crippen LogP contribution in [0, 0.1) is 17.2 Å². The van der Waals surface area contributed by atoms with Gasteiger partial charge in [0.05, 0.1) is 24.2 Å². The molecule has 1 N–H and O–H groups in total. The number of amides is 1. The lowest BCUT2D eigenvalue weighted by atomic mass is 10.0. The molecule has 0 saturated heterocycles. The van der Waals surface area contributed by atoms with Crippen LogP contribution in [-0.2, 0) is 11.3 Å². The lowest BCUT2D eigenvalue weighted by Gasteiger charge is -2.08. The van der Waals surface area contributed by atoms with Crippen molar-refractivity contribution in [1.82, 2.24) is 10.3 Å². The third-order valence-corrected chi connectivity index (χ3v) is 2.44. The number of hydrogen-bond acceptors (Lipinski definition) is 3. The SMILES string of the molecule is CCCC(C#N)CC(=O)NCc1ccccn1. The van der Waals surface area contributed by atoms with E-state index in [1.165, 1.54) is 0 Å². The molecule has 1 heterocycles. The summed E-state index contributed by atoms with van der Waals surface area (Å²) < 4.78 is 0. The Morgan fingerprint density at radius 1 is 1.59 bits per heavy atom. The quantitative estimate of drug-likeness (QED) is 0.814. The Kier molecular flexibility index (Phi) is 5.73. The maximum absolute atomic E-state index is 11.6. The Balaban J connectivity index is 2.33. The first kappa shape index (κ1) is 13.2. The van der Waals surface area contributed by atoms with Gasteiger partial charge in [-0.25, -0.2) is 0 Å². The van der Waals surface area contributed by atoms with Gasteiger partial charge in [-0.15, -0.1) is 0 Å². The fraction of sp³-hybridized carbons (Fsp3) is 0.462. The van der Waals surface area contributed by atoms with E-state index in [-0.39, 0.29) is 18.2 Å². The van der Waals surface area contributed by atoms with Crippen molar-refractivity contribution in [1.29, 1.82) is 5.26 Å². The van der Waals surface area contributed by atoms with Crippen LogP contribution in [0.1, 0.15) is 31.9 Å². The molecule has 0 bridgehead atoms. The van der Waals surface area contributed by atoms with Crippen LogP contribution in [0.4, 0.5) is 0 Å². The Hall–Kier alpha value is -1.89. The maximum atomic E-state index is 11.6. The predicted octanol–water partition coefficient (Wildman–Crippen LogP) is 2.03. The van der Waals surface area contributed by atoms with E-state index in [0.717, 1.165) is 18.5 Å². The first-order valence-electron chi connectivity index (χ1n) is 5.82. The van der Waals surface area contributed by atoms with Crippen LogP contribution >= 0.6 is 0 Å². The minimum absolute atomic E-state index is 0.0874. The van der Waals surface area contributed by atoms with Crippen LogP contribution in [0.2, 0.25) is 0 Å². The second-order valence-corrected chi connectivity index (χ2v) is 3.92. The number of rotatable bonds is 6. The third kappa shape index (κ3) is 5.12. The molecule has 0 aliphatic heterocycles. The zero-order chi connectivity index (χ0) is 12.5. The van der Waals surface area contributed by atoms with Crippen molar-refractivity contribution in [3.63, 3.8) is 0 Å². The molecule has 1 aromatic heterocycles. The molecule has 0 fully saturated rings. The highest BCUT2D eigenvalue weighted by Gasteiger charge is 2.11. The summed E-state index contributed by atoms with van der Waals surface area (Å²) in [5, 5.41) is 11.6. The Labute approximate surface area is 102 Å². The third-order valence-electron chi connectivity index (χ3n) is 2.44. The standard InChI is InChI=1S/C13H17N3O/c1-2-5-11(9-14)8-13(17)16-10-12-6-3-4-7-15-12/h3-4,6-7,11H,2,5,8,10H2,1H3,(H,16,17). The average molecular weight is 231 g/mol. The van der Waals surface area contributed by atoms with E-state index in [4.69, 9.17) is 5.26 Å². The lowest BCUT2D eigenvalue weighted by molar-refractivity contribution is -0.121. The molecule has 1 atom stereocenters. The van der Waals surface area contributed by atoms with Crippen LogP contribution < -0.4 is 5.32 Å². The molecule has 90 valence electrons. The number of nitrogens with one attached hydrogen (secondary N) is 1. The van der Waals surface area contributed by atoms with Crippen LogP contribution in [0.5, 0.6) is 0 Å². The molecule has 1 amide bonds. The number of aromatic nitrogens is 1. The number of carbonyl (C=O) groups is 1. The highest BCUT2D eigenvalue weighted by atomic mass is 16.1. The van der Waals surface area contributed by atoms with Gasteiger partial charge in [0.1, 0.15) is 0 Å². The maximum Gasteiger partial charge on any atom is 0.221 e. The molecule has 0 aliphatic carbocycles. The smallest absolute Gasteiger partial charge is 0.221 e. The second-order valence-electron chi connectivity index (χ2n) is 3.92. The summed E-state index contributed by atoms with van der Waals surface area (Å²) in [7, 11) is 0. The molecule has 1 aromatic rings. The highest BCUT2D eigenvalue weighted by molar-refractivity contribution is 5.76. The van der Waals surface area contributed by atoms with E-state index < -0.39 is 0 Å². The summed E-state index contributed by atoms with van der Waals surface area (Å²) in [6, 6.07) is 7.72. The number of hydrogen-bond donors (Lipinski definition) is 1. The fourth-order valence-electron chi connectivity index (χ4n) is 1.55. The van der Waals surface area contributed by atoms with Crippen LogP contribution in [0.3, 0.4) is 0 Å². The van der Waals surface area contributed by atoms with Gasteiger partial charge in [-0.1, -0.05) is 19.4 Å². The fourth-order valence-corrected chi connectivity index (χ4v) is 1.55. The molecule has 0 saturated carbocycles. The van der Waals surface area contributed by atoms with E-state index in [1.54, 1.807) is 6.20 Å². The van der Waals surface area contributed by atoms with Gasteiger partial charge in [0.15, 0.2) is 0 Å². The van der Waals surface area contributed by atoms with Gasteiger partial charge in [-0.3, -0.25) is 9.78 Å². The van der Waals surface area contributed by atoms with Crippen molar-refractivity contribution in [2.75, 3.05) is 0 Å². The summed E-state index contributed by atoms with van der Waals surface area (Å²) in [4.78, 5) is 15.7. The molecule has 17 heavy (non-hydrogen) atoms. The first-order chi connectivity index (χ1) is 8.26. The van der Waals surface area contributed by atoms with Gasteiger partial charge in [-0.2, -0.15) is 5.26 Å². The van der Waals surface area contributed by atoms with E-state index in [2.05, 4.69) is 16.4 Å². The largest absolute Gasteiger partial charge is 0.350 e. The zero-order valence-corrected chi connectivity index (χ0v) is 10.0. The van der Waals surface area contributed by atoms with Crippen molar-refractivity contribution in [2.24, 2.45) is 5.92 Å². The van der Waals surface area contributed by atoms with Crippen molar-refractivity contribution >= 4 is 5.91 Å². The zero-order valence-electron chi connectivity index (χ0n) is 10.0. The molecule has 1 unspecified atom stereocenters. The van der Waals surface area contributed by atoms with Gasteiger partial charge in [0.2, 0.25) is 5.91 Å². The molecule has 4 heteroatoms. The minimum atomic E-state index is -0.177. The minimum Gasteiger partial charge on any atom is -0.350 e. The summed E-state index contributed by atoms with van der Waals surface area (Å²) in [5.74, 6) is -0.264. The van der Waals surface area contributed by atoms with Crippen LogP contribution in [-0.4, -0.2) is 10.9 Å². The summed E-state index contributed by atoms with van der Waals surface area (Å²) in [5.41, 5.74) is 0.824. The lowest BCUT2D eigenvalue weighted by Crippen LogP contribution is -2.25. The predicted molar refractivity (Wildman–Crippen MR) is 64.7 cm³/mol. The number of carbonyl (C=O) groups excluding carboxylic acids is 1. The molecule has 0 radical (unpaired) electrons. The van der Waals surface area contributed by atoms with Gasteiger partial charge < -0.3 is 5.32 Å². The summed E-state index contributed by atoms with van der Waals surface area (Å²) >= 11 is 0. The molecular formula is C13H17N3O. The molecule has 0 spiro atoms. The molecular weight excluding hydrogens is 214 g/mol. The second kappa shape index (κ2) is 7.39. The van der Waals surface area contributed by atoms with Gasteiger partial charge >= 0.3 is 0 Å². The molecule has 0 aromatic carbocycles. The molecule has 1 rings (SSSR count). The Morgan fingerprint density at radius 2 is 2.41 bits per heavy atom. The first-order valence-corrected chi connectivity index (χ1v) is 5.82. The van der Waals surface area contributed by atoms with Gasteiger partial charge in [0, 0.05) is 12.6 Å². The summed E-state index contributed by atoms with van der Waals surface area (Å²) in [6.45, 7) is 2.43.